The number of hydrogen-bond donors (Lipinski definition) is 0. The molecule has 0 spiro atoms. The highest BCUT2D eigenvalue weighted by Gasteiger charge is 2.05. The quantitative estimate of drug-likeness (QED) is 0.800. The van der Waals surface area contributed by atoms with E-state index < -0.39 is 11.6 Å². The highest BCUT2D eigenvalue weighted by Crippen LogP contribution is 2.23. The van der Waals surface area contributed by atoms with Crippen molar-refractivity contribution in [2.24, 2.45) is 0 Å². The summed E-state index contributed by atoms with van der Waals surface area (Å²) >= 11 is 8.03. The molecule has 0 unspecified atom stereocenters. The van der Waals surface area contributed by atoms with Gasteiger partial charge in [-0.15, -0.1) is 0 Å². The van der Waals surface area contributed by atoms with Gasteiger partial charge in [0.15, 0.2) is 11.6 Å². The molecule has 0 saturated carbocycles. The summed E-state index contributed by atoms with van der Waals surface area (Å²) in [5.74, 6) is -1.21. The van der Waals surface area contributed by atoms with Gasteiger partial charge in [0.25, 0.3) is 0 Å². The number of rotatable bonds is 3. The molecule has 0 amide bonds. The van der Waals surface area contributed by atoms with Crippen molar-refractivity contribution in [1.29, 1.82) is 0 Å². The minimum atomic E-state index is -0.845. The molecule has 1 aromatic heterocycles. The summed E-state index contributed by atoms with van der Waals surface area (Å²) in [7, 11) is 0. The highest BCUT2D eigenvalue weighted by molar-refractivity contribution is 7.98. The third-order valence-electron chi connectivity index (χ3n) is 1.73. The summed E-state index contributed by atoms with van der Waals surface area (Å²) < 4.78 is 29.9. The van der Waals surface area contributed by atoms with E-state index in [0.29, 0.717) is 20.9 Å². The molecule has 0 aliphatic heterocycles. The first kappa shape index (κ1) is 11.8. The Bertz CT molecular complexity index is 504. The Hall–Kier alpha value is -0.720. The van der Waals surface area contributed by atoms with Crippen LogP contribution >= 0.6 is 34.9 Å². The molecule has 0 N–H and O–H groups in total. The molecule has 16 heavy (non-hydrogen) atoms. The Morgan fingerprint density at radius 2 is 2.12 bits per heavy atom. The van der Waals surface area contributed by atoms with E-state index in [1.165, 1.54) is 17.8 Å². The van der Waals surface area contributed by atoms with Gasteiger partial charge in [-0.25, -0.2) is 8.78 Å². The number of aromatic nitrogens is 2. The fraction of sp³-hybridized carbons (Fsp3) is 0.111. The third kappa shape index (κ3) is 2.90. The van der Waals surface area contributed by atoms with Crippen LogP contribution in [-0.4, -0.2) is 9.36 Å². The number of thioether (sulfide) groups is 1. The van der Waals surface area contributed by atoms with Gasteiger partial charge in [-0.05, 0) is 40.8 Å². The predicted octanol–water partition coefficient (Wildman–Crippen LogP) is 3.76. The molecule has 1 aromatic carbocycles. The van der Waals surface area contributed by atoms with Gasteiger partial charge in [0.2, 0.25) is 9.62 Å². The minimum absolute atomic E-state index is 0.368. The molecular formula is C9H5ClF2N2S2. The number of nitrogens with zero attached hydrogens (tertiary/aromatic N) is 2. The molecule has 2 aromatic rings. The van der Waals surface area contributed by atoms with Crippen molar-refractivity contribution in [3.8, 4) is 0 Å². The highest BCUT2D eigenvalue weighted by atomic mass is 35.5. The van der Waals surface area contributed by atoms with Gasteiger partial charge in [-0.3, -0.25) is 0 Å². The number of benzene rings is 1. The third-order valence-corrected chi connectivity index (χ3v) is 3.57. The van der Waals surface area contributed by atoms with Crippen molar-refractivity contribution < 1.29 is 8.78 Å². The van der Waals surface area contributed by atoms with Gasteiger partial charge in [0.05, 0.1) is 0 Å². The lowest BCUT2D eigenvalue weighted by Gasteiger charge is -1.99. The Labute approximate surface area is 104 Å². The van der Waals surface area contributed by atoms with Crippen LogP contribution in [0.3, 0.4) is 0 Å². The lowest BCUT2D eigenvalue weighted by Crippen LogP contribution is -1.87. The van der Waals surface area contributed by atoms with Crippen molar-refractivity contribution in [2.75, 3.05) is 0 Å². The Balaban J connectivity index is 2.02. The smallest absolute Gasteiger partial charge is 0.204 e. The van der Waals surface area contributed by atoms with E-state index in [-0.39, 0.29) is 0 Å². The standard InChI is InChI=1S/C9H5ClF2N2S2/c10-8-13-9(14-16-8)15-4-5-1-2-6(11)7(12)3-5/h1-3H,4H2. The maximum Gasteiger partial charge on any atom is 0.204 e. The van der Waals surface area contributed by atoms with Crippen LogP contribution in [0.25, 0.3) is 0 Å². The van der Waals surface area contributed by atoms with Crippen LogP contribution in [0.15, 0.2) is 23.4 Å². The summed E-state index contributed by atoms with van der Waals surface area (Å²) in [4.78, 5) is 3.93. The molecule has 0 saturated heterocycles. The first-order chi connectivity index (χ1) is 7.65. The van der Waals surface area contributed by atoms with E-state index in [4.69, 9.17) is 11.6 Å². The number of halogens is 3. The molecule has 0 aliphatic rings. The van der Waals surface area contributed by atoms with E-state index in [0.717, 1.165) is 23.7 Å². The molecule has 2 nitrogen and oxygen atoms in total. The van der Waals surface area contributed by atoms with Crippen LogP contribution in [0.1, 0.15) is 5.56 Å². The molecule has 0 fully saturated rings. The Morgan fingerprint density at radius 1 is 1.31 bits per heavy atom. The molecule has 7 heteroatoms. The zero-order chi connectivity index (χ0) is 11.5. The van der Waals surface area contributed by atoms with Crippen LogP contribution < -0.4 is 0 Å². The van der Waals surface area contributed by atoms with Crippen molar-refractivity contribution >= 4 is 34.9 Å². The van der Waals surface area contributed by atoms with E-state index >= 15 is 0 Å². The monoisotopic (exact) mass is 278 g/mol. The van der Waals surface area contributed by atoms with E-state index in [9.17, 15) is 8.78 Å². The Morgan fingerprint density at radius 3 is 2.75 bits per heavy atom. The summed E-state index contributed by atoms with van der Waals surface area (Å²) in [6, 6.07) is 3.79. The maximum absolute atomic E-state index is 12.9. The van der Waals surface area contributed by atoms with Gasteiger partial charge in [0.1, 0.15) is 0 Å². The Kier molecular flexibility index (Phi) is 3.73. The van der Waals surface area contributed by atoms with Gasteiger partial charge in [-0.2, -0.15) is 9.36 Å². The van der Waals surface area contributed by atoms with Crippen molar-refractivity contribution in [3.63, 3.8) is 0 Å². The molecule has 0 radical (unpaired) electrons. The average molecular weight is 279 g/mol. The fourth-order valence-electron chi connectivity index (χ4n) is 1.03. The van der Waals surface area contributed by atoms with Crippen LogP contribution in [-0.2, 0) is 5.75 Å². The van der Waals surface area contributed by atoms with E-state index in [2.05, 4.69) is 9.36 Å². The zero-order valence-electron chi connectivity index (χ0n) is 7.78. The van der Waals surface area contributed by atoms with Crippen molar-refractivity contribution in [1.82, 2.24) is 9.36 Å². The molecular weight excluding hydrogens is 274 g/mol. The second kappa shape index (κ2) is 5.07. The van der Waals surface area contributed by atoms with Crippen molar-refractivity contribution in [3.05, 3.63) is 39.9 Å². The summed E-state index contributed by atoms with van der Waals surface area (Å²) in [5.41, 5.74) is 0.676. The minimum Gasteiger partial charge on any atom is -0.204 e. The predicted molar refractivity (Wildman–Crippen MR) is 60.8 cm³/mol. The van der Waals surface area contributed by atoms with E-state index in [1.807, 2.05) is 0 Å². The largest absolute Gasteiger partial charge is 0.204 e. The summed E-state index contributed by atoms with van der Waals surface area (Å²) in [6.45, 7) is 0. The van der Waals surface area contributed by atoms with Crippen LogP contribution in [0.5, 0.6) is 0 Å². The van der Waals surface area contributed by atoms with Crippen LogP contribution in [0.2, 0.25) is 4.47 Å². The van der Waals surface area contributed by atoms with Crippen LogP contribution in [0.4, 0.5) is 8.78 Å². The fourth-order valence-corrected chi connectivity index (χ4v) is 2.60. The van der Waals surface area contributed by atoms with Gasteiger partial charge >= 0.3 is 0 Å². The second-order valence-corrected chi connectivity index (χ2v) is 5.14. The molecule has 84 valence electrons. The molecule has 0 bridgehead atoms. The van der Waals surface area contributed by atoms with E-state index in [1.54, 1.807) is 0 Å². The summed E-state index contributed by atoms with van der Waals surface area (Å²) in [6.07, 6.45) is 0. The molecule has 1 heterocycles. The second-order valence-electron chi connectivity index (χ2n) is 2.87. The molecule has 0 aliphatic carbocycles. The normalized spacial score (nSPS) is 10.7. The number of hydrogen-bond acceptors (Lipinski definition) is 4. The van der Waals surface area contributed by atoms with Gasteiger partial charge in [0, 0.05) is 5.75 Å². The SMILES string of the molecule is Fc1ccc(CSc2nsc(Cl)n2)cc1F. The maximum atomic E-state index is 12.9. The van der Waals surface area contributed by atoms with Crippen molar-refractivity contribution in [2.45, 2.75) is 10.9 Å². The summed E-state index contributed by atoms with van der Waals surface area (Å²) in [5, 5.41) is 0.541. The van der Waals surface area contributed by atoms with Gasteiger partial charge in [-0.1, -0.05) is 17.8 Å². The van der Waals surface area contributed by atoms with Gasteiger partial charge < -0.3 is 0 Å². The lowest BCUT2D eigenvalue weighted by molar-refractivity contribution is 0.507. The average Bonchev–Trinajstić information content (AvgIpc) is 2.66. The topological polar surface area (TPSA) is 25.8 Å². The first-order valence-electron chi connectivity index (χ1n) is 4.21. The molecule has 2 rings (SSSR count). The zero-order valence-corrected chi connectivity index (χ0v) is 10.2. The first-order valence-corrected chi connectivity index (χ1v) is 6.35. The van der Waals surface area contributed by atoms with Crippen LogP contribution in [0, 0.1) is 11.6 Å². The lowest BCUT2D eigenvalue weighted by atomic mass is 10.2. The molecule has 0 atom stereocenters.